The molecule has 0 aliphatic carbocycles. The third-order valence-electron chi connectivity index (χ3n) is 6.74. The van der Waals surface area contributed by atoms with Crippen LogP contribution in [0.5, 0.6) is 11.5 Å². The summed E-state index contributed by atoms with van der Waals surface area (Å²) in [5.74, 6) is -0.197. The molecule has 3 aromatic rings. The summed E-state index contributed by atoms with van der Waals surface area (Å²) >= 11 is 0. The molecule has 0 radical (unpaired) electrons. The standard InChI is InChI=1S/C31H39N3O6S/c1-6-7-19-32-31(36)24(3)33(21-25-15-13-23(2)14-16-25)30(35)22-34(26-11-9-8-10-12-26)41(37,38)27-17-18-28(39-4)29(20-27)40-5/h8-18,20,24H,6-7,19,21-22H2,1-5H3,(H,32,36). The number of hydrogen-bond donors (Lipinski definition) is 1. The largest absolute Gasteiger partial charge is 0.493 e. The number of sulfonamides is 1. The number of unbranched alkanes of at least 4 members (excludes halogenated alkanes) is 1. The Bertz CT molecular complexity index is 1410. The highest BCUT2D eigenvalue weighted by Gasteiger charge is 2.33. The molecule has 41 heavy (non-hydrogen) atoms. The molecule has 0 bridgehead atoms. The summed E-state index contributed by atoms with van der Waals surface area (Å²) in [6.07, 6.45) is 1.73. The predicted molar refractivity (Wildman–Crippen MR) is 160 cm³/mol. The monoisotopic (exact) mass is 581 g/mol. The Labute approximate surface area is 243 Å². The lowest BCUT2D eigenvalue weighted by Gasteiger charge is -2.32. The molecule has 1 N–H and O–H groups in total. The molecule has 220 valence electrons. The zero-order chi connectivity index (χ0) is 30.0. The Balaban J connectivity index is 2.01. The van der Waals surface area contributed by atoms with E-state index in [1.165, 1.54) is 37.3 Å². The molecule has 0 saturated carbocycles. The van der Waals surface area contributed by atoms with Crippen LogP contribution < -0.4 is 19.1 Å². The van der Waals surface area contributed by atoms with Crippen LogP contribution in [0.3, 0.4) is 0 Å². The number of hydrogen-bond acceptors (Lipinski definition) is 6. The van der Waals surface area contributed by atoms with Gasteiger partial charge in [-0.05, 0) is 50.1 Å². The molecule has 3 aromatic carbocycles. The van der Waals surface area contributed by atoms with Gasteiger partial charge >= 0.3 is 0 Å². The Kier molecular flexibility index (Phi) is 11.2. The SMILES string of the molecule is CCCCNC(=O)C(C)N(Cc1ccc(C)cc1)C(=O)CN(c1ccccc1)S(=O)(=O)c1ccc(OC)c(OC)c1. The van der Waals surface area contributed by atoms with Crippen LogP contribution in [0.15, 0.2) is 77.7 Å². The number of amides is 2. The van der Waals surface area contributed by atoms with E-state index in [4.69, 9.17) is 9.47 Å². The van der Waals surface area contributed by atoms with Crippen molar-refractivity contribution < 1.29 is 27.5 Å². The number of carbonyl (C=O) groups is 2. The molecule has 0 aromatic heterocycles. The second-order valence-electron chi connectivity index (χ2n) is 9.69. The average Bonchev–Trinajstić information content (AvgIpc) is 2.99. The molecule has 1 unspecified atom stereocenters. The zero-order valence-corrected chi connectivity index (χ0v) is 25.1. The summed E-state index contributed by atoms with van der Waals surface area (Å²) in [6, 6.07) is 19.5. The Morgan fingerprint density at radius 1 is 0.927 bits per heavy atom. The van der Waals surface area contributed by atoms with E-state index in [1.807, 2.05) is 38.1 Å². The fourth-order valence-electron chi connectivity index (χ4n) is 4.24. The highest BCUT2D eigenvalue weighted by Crippen LogP contribution is 2.32. The van der Waals surface area contributed by atoms with Crippen molar-refractivity contribution in [1.29, 1.82) is 0 Å². The van der Waals surface area contributed by atoms with Crippen LogP contribution in [0, 0.1) is 6.92 Å². The maximum atomic E-state index is 14.0. The predicted octanol–water partition coefficient (Wildman–Crippen LogP) is 4.54. The minimum absolute atomic E-state index is 0.0674. The number of rotatable bonds is 14. The molecule has 0 aliphatic heterocycles. The first-order valence-corrected chi connectivity index (χ1v) is 15.0. The van der Waals surface area contributed by atoms with Gasteiger partial charge in [0.2, 0.25) is 11.8 Å². The van der Waals surface area contributed by atoms with Gasteiger partial charge in [-0.3, -0.25) is 13.9 Å². The van der Waals surface area contributed by atoms with E-state index in [0.717, 1.165) is 28.3 Å². The number of nitrogens with one attached hydrogen (secondary N) is 1. The normalized spacial score (nSPS) is 11.8. The van der Waals surface area contributed by atoms with Crippen LogP contribution in [-0.2, 0) is 26.2 Å². The van der Waals surface area contributed by atoms with Gasteiger partial charge in [-0.25, -0.2) is 8.42 Å². The topological polar surface area (TPSA) is 105 Å². The third kappa shape index (κ3) is 8.00. The summed E-state index contributed by atoms with van der Waals surface area (Å²) < 4.78 is 39.7. The molecule has 2 amide bonds. The number of carbonyl (C=O) groups excluding carboxylic acids is 2. The van der Waals surface area contributed by atoms with E-state index in [2.05, 4.69) is 5.32 Å². The van der Waals surface area contributed by atoms with Gasteiger partial charge in [0.05, 0.1) is 24.8 Å². The molecule has 0 aliphatic rings. The van der Waals surface area contributed by atoms with Crippen molar-refractivity contribution in [3.8, 4) is 11.5 Å². The molecule has 0 saturated heterocycles. The smallest absolute Gasteiger partial charge is 0.264 e. The molecule has 1 atom stereocenters. The van der Waals surface area contributed by atoms with Crippen molar-refractivity contribution in [2.45, 2.75) is 51.1 Å². The molecule has 0 fully saturated rings. The van der Waals surface area contributed by atoms with Crippen molar-refractivity contribution >= 4 is 27.5 Å². The number of benzene rings is 3. The van der Waals surface area contributed by atoms with E-state index in [9.17, 15) is 18.0 Å². The summed E-state index contributed by atoms with van der Waals surface area (Å²) in [7, 11) is -1.35. The summed E-state index contributed by atoms with van der Waals surface area (Å²) in [4.78, 5) is 28.4. The van der Waals surface area contributed by atoms with E-state index < -0.39 is 28.5 Å². The van der Waals surface area contributed by atoms with Gasteiger partial charge < -0.3 is 19.7 Å². The Hall–Kier alpha value is -4.05. The van der Waals surface area contributed by atoms with Crippen LogP contribution in [0.4, 0.5) is 5.69 Å². The van der Waals surface area contributed by atoms with Crippen molar-refractivity contribution in [2.75, 3.05) is 31.6 Å². The number of nitrogens with zero attached hydrogens (tertiary/aromatic N) is 2. The maximum Gasteiger partial charge on any atom is 0.264 e. The Morgan fingerprint density at radius 3 is 2.20 bits per heavy atom. The summed E-state index contributed by atoms with van der Waals surface area (Å²) in [5, 5.41) is 2.89. The number of anilines is 1. The first-order chi connectivity index (χ1) is 19.6. The molecular formula is C31H39N3O6S. The number of ether oxygens (including phenoxy) is 2. The summed E-state index contributed by atoms with van der Waals surface area (Å²) in [6.45, 7) is 5.77. The number of aryl methyl sites for hydroxylation is 1. The van der Waals surface area contributed by atoms with Gasteiger partial charge in [0.1, 0.15) is 12.6 Å². The van der Waals surface area contributed by atoms with Gasteiger partial charge in [-0.2, -0.15) is 0 Å². The van der Waals surface area contributed by atoms with E-state index >= 15 is 0 Å². The van der Waals surface area contributed by atoms with Crippen LogP contribution >= 0.6 is 0 Å². The number of methoxy groups -OCH3 is 2. The molecular weight excluding hydrogens is 542 g/mol. The average molecular weight is 582 g/mol. The lowest BCUT2D eigenvalue weighted by atomic mass is 10.1. The van der Waals surface area contributed by atoms with Gasteiger partial charge in [-0.15, -0.1) is 0 Å². The van der Waals surface area contributed by atoms with Crippen molar-refractivity contribution in [2.24, 2.45) is 0 Å². The third-order valence-corrected chi connectivity index (χ3v) is 8.51. The minimum atomic E-state index is -4.23. The zero-order valence-electron chi connectivity index (χ0n) is 24.3. The van der Waals surface area contributed by atoms with Crippen molar-refractivity contribution in [3.05, 3.63) is 83.9 Å². The van der Waals surface area contributed by atoms with Gasteiger partial charge in [0.25, 0.3) is 10.0 Å². The molecule has 9 nitrogen and oxygen atoms in total. The van der Waals surface area contributed by atoms with Gasteiger partial charge in [0.15, 0.2) is 11.5 Å². The van der Waals surface area contributed by atoms with Crippen LogP contribution in [-0.4, -0.2) is 58.5 Å². The minimum Gasteiger partial charge on any atom is -0.493 e. The highest BCUT2D eigenvalue weighted by atomic mass is 32.2. The van der Waals surface area contributed by atoms with E-state index in [-0.39, 0.29) is 23.1 Å². The lowest BCUT2D eigenvalue weighted by molar-refractivity contribution is -0.139. The maximum absolute atomic E-state index is 14.0. The fourth-order valence-corrected chi connectivity index (χ4v) is 5.67. The molecule has 3 rings (SSSR count). The lowest BCUT2D eigenvalue weighted by Crippen LogP contribution is -2.51. The van der Waals surface area contributed by atoms with Gasteiger partial charge in [-0.1, -0.05) is 61.4 Å². The molecule has 10 heteroatoms. The van der Waals surface area contributed by atoms with Crippen molar-refractivity contribution in [3.63, 3.8) is 0 Å². The quantitative estimate of drug-likeness (QED) is 0.280. The first kappa shape index (κ1) is 31.5. The fraction of sp³-hybridized carbons (Fsp3) is 0.355. The summed E-state index contributed by atoms with van der Waals surface area (Å²) in [5.41, 5.74) is 2.20. The first-order valence-electron chi connectivity index (χ1n) is 13.5. The van der Waals surface area contributed by atoms with Gasteiger partial charge in [0, 0.05) is 19.2 Å². The van der Waals surface area contributed by atoms with E-state index in [1.54, 1.807) is 37.3 Å². The highest BCUT2D eigenvalue weighted by molar-refractivity contribution is 7.92. The second-order valence-corrected chi connectivity index (χ2v) is 11.6. The van der Waals surface area contributed by atoms with Crippen LogP contribution in [0.2, 0.25) is 0 Å². The molecule has 0 spiro atoms. The van der Waals surface area contributed by atoms with Crippen LogP contribution in [0.25, 0.3) is 0 Å². The molecule has 0 heterocycles. The van der Waals surface area contributed by atoms with E-state index in [0.29, 0.717) is 18.0 Å². The van der Waals surface area contributed by atoms with Crippen molar-refractivity contribution in [1.82, 2.24) is 10.2 Å². The Morgan fingerprint density at radius 2 is 1.59 bits per heavy atom. The number of para-hydroxylation sites is 1. The second kappa shape index (κ2) is 14.5. The van der Waals surface area contributed by atoms with Crippen LogP contribution in [0.1, 0.15) is 37.8 Å².